The van der Waals surface area contributed by atoms with Gasteiger partial charge in [0.05, 0.1) is 16.3 Å². The number of rotatable bonds is 2. The van der Waals surface area contributed by atoms with Gasteiger partial charge in [0, 0.05) is 8.95 Å². The fourth-order valence-electron chi connectivity index (χ4n) is 1.46. The number of amides is 1. The van der Waals surface area contributed by atoms with E-state index in [9.17, 15) is 9.18 Å². The monoisotopic (exact) mass is 405 g/mol. The molecule has 0 radical (unpaired) electrons. The van der Waals surface area contributed by atoms with E-state index in [0.29, 0.717) is 8.95 Å². The third kappa shape index (κ3) is 3.35. The van der Waals surface area contributed by atoms with Crippen LogP contribution in [-0.2, 0) is 0 Å². The Labute approximate surface area is 131 Å². The summed E-state index contributed by atoms with van der Waals surface area (Å²) in [5.74, 6) is -0.985. The second kappa shape index (κ2) is 6.03. The van der Waals surface area contributed by atoms with Gasteiger partial charge in [0.2, 0.25) is 0 Å². The van der Waals surface area contributed by atoms with Crippen molar-refractivity contribution in [2.75, 3.05) is 5.32 Å². The van der Waals surface area contributed by atoms with Crippen molar-refractivity contribution >= 4 is 55.1 Å². The predicted molar refractivity (Wildman–Crippen MR) is 81.2 cm³/mol. The first-order chi connectivity index (χ1) is 8.99. The van der Waals surface area contributed by atoms with Crippen LogP contribution in [0.15, 0.2) is 45.3 Å². The third-order valence-electron chi connectivity index (χ3n) is 2.38. The summed E-state index contributed by atoms with van der Waals surface area (Å²) in [5.41, 5.74) is 0.377. The largest absolute Gasteiger partial charge is 0.319 e. The molecule has 0 aliphatic heterocycles. The van der Waals surface area contributed by atoms with Crippen LogP contribution in [0.2, 0.25) is 5.02 Å². The Morgan fingerprint density at radius 1 is 1.21 bits per heavy atom. The Hall–Kier alpha value is -0.910. The lowest BCUT2D eigenvalue weighted by molar-refractivity contribution is 0.102. The van der Waals surface area contributed by atoms with Gasteiger partial charge in [0.25, 0.3) is 5.91 Å². The van der Waals surface area contributed by atoms with Crippen LogP contribution in [0.3, 0.4) is 0 Å². The van der Waals surface area contributed by atoms with Crippen LogP contribution < -0.4 is 5.32 Å². The molecule has 6 heteroatoms. The maximum absolute atomic E-state index is 13.6. The Bertz CT molecular complexity index is 649. The van der Waals surface area contributed by atoms with E-state index < -0.39 is 11.7 Å². The van der Waals surface area contributed by atoms with E-state index >= 15 is 0 Å². The lowest BCUT2D eigenvalue weighted by Crippen LogP contribution is -2.13. The number of carbonyl (C=O) groups excluding carboxylic acids is 1. The number of benzene rings is 2. The van der Waals surface area contributed by atoms with Crippen LogP contribution in [-0.4, -0.2) is 5.91 Å². The summed E-state index contributed by atoms with van der Waals surface area (Å²) in [7, 11) is 0. The fraction of sp³-hybridized carbons (Fsp3) is 0. The van der Waals surface area contributed by atoms with Crippen molar-refractivity contribution in [3.05, 3.63) is 61.7 Å². The number of anilines is 1. The van der Waals surface area contributed by atoms with Gasteiger partial charge in [-0.15, -0.1) is 0 Å². The molecule has 1 N–H and O–H groups in total. The lowest BCUT2D eigenvalue weighted by Gasteiger charge is -2.08. The van der Waals surface area contributed by atoms with Crippen LogP contribution in [0.5, 0.6) is 0 Å². The molecule has 19 heavy (non-hydrogen) atoms. The second-order valence-corrected chi connectivity index (χ2v) is 5.83. The topological polar surface area (TPSA) is 29.1 Å². The van der Waals surface area contributed by atoms with Gasteiger partial charge in [-0.25, -0.2) is 4.39 Å². The normalized spacial score (nSPS) is 10.3. The number of hydrogen-bond acceptors (Lipinski definition) is 1. The van der Waals surface area contributed by atoms with Crippen LogP contribution in [0.1, 0.15) is 10.4 Å². The van der Waals surface area contributed by atoms with Gasteiger partial charge in [0.15, 0.2) is 0 Å². The molecule has 0 spiro atoms. The molecule has 2 nitrogen and oxygen atoms in total. The van der Waals surface area contributed by atoms with Gasteiger partial charge in [-0.2, -0.15) is 0 Å². The summed E-state index contributed by atoms with van der Waals surface area (Å²) < 4.78 is 14.8. The molecule has 0 saturated carbocycles. The number of hydrogen-bond donors (Lipinski definition) is 1. The molecule has 1 amide bonds. The highest BCUT2D eigenvalue weighted by atomic mass is 79.9. The maximum atomic E-state index is 13.6. The lowest BCUT2D eigenvalue weighted by atomic mass is 10.2. The molecule has 2 aromatic rings. The average Bonchev–Trinajstić information content (AvgIpc) is 2.36. The third-order valence-corrected chi connectivity index (χ3v) is 4.17. The molecular weight excluding hydrogens is 400 g/mol. The van der Waals surface area contributed by atoms with E-state index in [0.717, 1.165) is 0 Å². The van der Waals surface area contributed by atoms with E-state index in [2.05, 4.69) is 37.2 Å². The molecule has 0 fully saturated rings. The molecule has 0 aromatic heterocycles. The summed E-state index contributed by atoms with van der Waals surface area (Å²) >= 11 is 12.4. The van der Waals surface area contributed by atoms with Crippen molar-refractivity contribution in [3.8, 4) is 0 Å². The molecule has 0 aliphatic carbocycles. The SMILES string of the molecule is O=C(Nc1ccc(Br)cc1F)c1cccc(Br)c1Cl. The van der Waals surface area contributed by atoms with Crippen LogP contribution >= 0.6 is 43.5 Å². The summed E-state index contributed by atoms with van der Waals surface area (Å²) in [5, 5.41) is 2.77. The summed E-state index contributed by atoms with van der Waals surface area (Å²) in [6.45, 7) is 0. The predicted octanol–water partition coefficient (Wildman–Crippen LogP) is 5.26. The minimum Gasteiger partial charge on any atom is -0.319 e. The highest BCUT2D eigenvalue weighted by molar-refractivity contribution is 9.10. The molecule has 98 valence electrons. The van der Waals surface area contributed by atoms with Gasteiger partial charge in [-0.1, -0.05) is 33.6 Å². The minimum atomic E-state index is -0.520. The molecule has 0 aliphatic rings. The van der Waals surface area contributed by atoms with Crippen molar-refractivity contribution in [2.24, 2.45) is 0 Å². The Kier molecular flexibility index (Phi) is 4.60. The molecule has 2 aromatic carbocycles. The van der Waals surface area contributed by atoms with Crippen molar-refractivity contribution in [1.29, 1.82) is 0 Å². The molecule has 0 heterocycles. The highest BCUT2D eigenvalue weighted by Crippen LogP contribution is 2.27. The molecule has 0 bridgehead atoms. The molecule has 2 rings (SSSR count). The fourth-order valence-corrected chi connectivity index (χ4v) is 2.37. The van der Waals surface area contributed by atoms with E-state index in [1.807, 2.05) is 0 Å². The van der Waals surface area contributed by atoms with Gasteiger partial charge >= 0.3 is 0 Å². The Morgan fingerprint density at radius 2 is 1.95 bits per heavy atom. The first kappa shape index (κ1) is 14.5. The van der Waals surface area contributed by atoms with E-state index in [1.54, 1.807) is 24.3 Å². The summed E-state index contributed by atoms with van der Waals surface area (Å²) in [6.07, 6.45) is 0. The van der Waals surface area contributed by atoms with E-state index in [-0.39, 0.29) is 16.3 Å². The average molecular weight is 407 g/mol. The summed E-state index contributed by atoms with van der Waals surface area (Å²) in [4.78, 5) is 12.0. The highest BCUT2D eigenvalue weighted by Gasteiger charge is 2.14. The number of nitrogens with one attached hydrogen (secondary N) is 1. The van der Waals surface area contributed by atoms with Crippen LogP contribution in [0.25, 0.3) is 0 Å². The standard InChI is InChI=1S/C13H7Br2ClFNO/c14-7-4-5-11(10(17)6-7)18-13(19)8-2-1-3-9(15)12(8)16/h1-6H,(H,18,19). The smallest absolute Gasteiger partial charge is 0.257 e. The zero-order valence-electron chi connectivity index (χ0n) is 9.38. The van der Waals surface area contributed by atoms with Gasteiger partial charge < -0.3 is 5.32 Å². The van der Waals surface area contributed by atoms with Crippen molar-refractivity contribution in [3.63, 3.8) is 0 Å². The first-order valence-electron chi connectivity index (χ1n) is 5.19. The number of halogens is 4. The Balaban J connectivity index is 2.28. The van der Waals surface area contributed by atoms with Crippen LogP contribution in [0.4, 0.5) is 10.1 Å². The van der Waals surface area contributed by atoms with Crippen molar-refractivity contribution < 1.29 is 9.18 Å². The van der Waals surface area contributed by atoms with E-state index in [1.165, 1.54) is 12.1 Å². The van der Waals surface area contributed by atoms with E-state index in [4.69, 9.17) is 11.6 Å². The van der Waals surface area contributed by atoms with Crippen LogP contribution in [0, 0.1) is 5.82 Å². The molecule has 0 saturated heterocycles. The zero-order chi connectivity index (χ0) is 14.0. The van der Waals surface area contributed by atoms with Gasteiger partial charge in [0.1, 0.15) is 5.82 Å². The minimum absolute atomic E-state index is 0.101. The Morgan fingerprint density at radius 3 is 2.63 bits per heavy atom. The maximum Gasteiger partial charge on any atom is 0.257 e. The van der Waals surface area contributed by atoms with Gasteiger partial charge in [-0.05, 0) is 46.3 Å². The van der Waals surface area contributed by atoms with Crippen molar-refractivity contribution in [1.82, 2.24) is 0 Å². The summed E-state index contributed by atoms with van der Waals surface area (Å²) in [6, 6.07) is 9.36. The second-order valence-electron chi connectivity index (χ2n) is 3.68. The molecule has 0 unspecified atom stereocenters. The van der Waals surface area contributed by atoms with Gasteiger partial charge in [-0.3, -0.25) is 4.79 Å². The first-order valence-corrected chi connectivity index (χ1v) is 7.16. The molecule has 0 atom stereocenters. The zero-order valence-corrected chi connectivity index (χ0v) is 13.3. The molecular formula is C13H7Br2ClFNO. The van der Waals surface area contributed by atoms with Crippen molar-refractivity contribution in [2.45, 2.75) is 0 Å². The number of carbonyl (C=O) groups is 1. The quantitative estimate of drug-likeness (QED) is 0.723.